The topological polar surface area (TPSA) is 96.0 Å². The number of methoxy groups -OCH3 is 1. The Labute approximate surface area is 285 Å². The second kappa shape index (κ2) is 16.1. The van der Waals surface area contributed by atoms with Gasteiger partial charge in [0, 0.05) is 29.1 Å². The third-order valence-electron chi connectivity index (χ3n) is 7.67. The van der Waals surface area contributed by atoms with Crippen molar-refractivity contribution in [1.82, 2.24) is 10.2 Å². The number of nitrogens with zero attached hydrogens (tertiary/aromatic N) is 2. The number of hydrogen-bond donors (Lipinski definition) is 1. The molecular weight excluding hydrogens is 664 g/mol. The lowest BCUT2D eigenvalue weighted by molar-refractivity contribution is -0.140. The summed E-state index contributed by atoms with van der Waals surface area (Å²) < 4.78 is 48.3. The first-order valence-corrected chi connectivity index (χ1v) is 17.1. The van der Waals surface area contributed by atoms with Gasteiger partial charge >= 0.3 is 0 Å². The summed E-state index contributed by atoms with van der Waals surface area (Å²) in [5.74, 6) is -1.23. The fourth-order valence-electron chi connectivity index (χ4n) is 4.84. The van der Waals surface area contributed by atoms with E-state index in [9.17, 15) is 22.4 Å². The fourth-order valence-corrected chi connectivity index (χ4v) is 6.72. The summed E-state index contributed by atoms with van der Waals surface area (Å²) in [5.41, 5.74) is 1.35. The molecule has 2 unspecified atom stereocenters. The summed E-state index contributed by atoms with van der Waals surface area (Å²) in [6.45, 7) is 2.96. The number of carbonyl (C=O) groups excluding carboxylic acids is 2. The maximum Gasteiger partial charge on any atom is 0.264 e. The molecular formula is C35H36Cl2FN3O5S. The zero-order chi connectivity index (χ0) is 34.1. The van der Waals surface area contributed by atoms with Crippen molar-refractivity contribution in [3.8, 4) is 5.75 Å². The molecule has 0 aliphatic rings. The number of benzene rings is 4. The monoisotopic (exact) mass is 699 g/mol. The van der Waals surface area contributed by atoms with E-state index in [1.807, 2.05) is 44.2 Å². The third kappa shape index (κ3) is 9.24. The number of nitrogens with one attached hydrogen (secondary N) is 1. The van der Waals surface area contributed by atoms with Crippen LogP contribution in [0.2, 0.25) is 10.0 Å². The molecule has 2 amide bonds. The van der Waals surface area contributed by atoms with Gasteiger partial charge in [0.25, 0.3) is 10.0 Å². The smallest absolute Gasteiger partial charge is 0.264 e. The Morgan fingerprint density at radius 1 is 0.936 bits per heavy atom. The van der Waals surface area contributed by atoms with Gasteiger partial charge in [0.1, 0.15) is 24.2 Å². The Morgan fingerprint density at radius 3 is 2.19 bits per heavy atom. The van der Waals surface area contributed by atoms with E-state index >= 15 is 0 Å². The summed E-state index contributed by atoms with van der Waals surface area (Å²) in [7, 11) is -2.92. The van der Waals surface area contributed by atoms with Crippen molar-refractivity contribution in [1.29, 1.82) is 0 Å². The fraction of sp³-hybridized carbons (Fsp3) is 0.257. The zero-order valence-electron chi connectivity index (χ0n) is 26.2. The van der Waals surface area contributed by atoms with Crippen LogP contribution < -0.4 is 14.4 Å². The van der Waals surface area contributed by atoms with Crippen molar-refractivity contribution in [3.63, 3.8) is 0 Å². The average molecular weight is 701 g/mol. The van der Waals surface area contributed by atoms with Crippen molar-refractivity contribution in [2.75, 3.05) is 18.0 Å². The van der Waals surface area contributed by atoms with Gasteiger partial charge in [-0.15, -0.1) is 0 Å². The number of anilines is 1. The summed E-state index contributed by atoms with van der Waals surface area (Å²) in [6.07, 6.45) is 0.793. The first-order valence-electron chi connectivity index (χ1n) is 14.9. The lowest BCUT2D eigenvalue weighted by Gasteiger charge is -2.34. The van der Waals surface area contributed by atoms with Crippen LogP contribution in [0.25, 0.3) is 0 Å². The van der Waals surface area contributed by atoms with Crippen molar-refractivity contribution < 1.29 is 27.1 Å². The maximum absolute atomic E-state index is 14.5. The van der Waals surface area contributed by atoms with Crippen LogP contribution in [-0.4, -0.2) is 50.9 Å². The van der Waals surface area contributed by atoms with Gasteiger partial charge in [-0.05, 0) is 85.1 Å². The molecule has 248 valence electrons. The van der Waals surface area contributed by atoms with Crippen molar-refractivity contribution >= 4 is 50.7 Å². The zero-order valence-corrected chi connectivity index (χ0v) is 28.5. The lowest BCUT2D eigenvalue weighted by Crippen LogP contribution is -2.54. The third-order valence-corrected chi connectivity index (χ3v) is 10.0. The SMILES string of the molecule is CCC(C)NC(=O)C(Cc1ccccc1)N(Cc1ccc(Cl)cc1Cl)C(=O)CN(c1ccc(F)cc1)S(=O)(=O)c1ccc(OC)cc1. The Balaban J connectivity index is 1.82. The van der Waals surface area contributed by atoms with E-state index in [1.54, 1.807) is 12.1 Å². The van der Waals surface area contributed by atoms with E-state index in [0.717, 1.165) is 22.0 Å². The minimum absolute atomic E-state index is 0.0590. The first kappa shape index (κ1) is 35.7. The number of amides is 2. The normalized spacial score (nSPS) is 12.6. The molecule has 0 radical (unpaired) electrons. The highest BCUT2D eigenvalue weighted by Gasteiger charge is 2.35. The highest BCUT2D eigenvalue weighted by molar-refractivity contribution is 7.92. The van der Waals surface area contributed by atoms with E-state index in [-0.39, 0.29) is 34.6 Å². The van der Waals surface area contributed by atoms with Crippen molar-refractivity contribution in [2.24, 2.45) is 0 Å². The molecule has 0 heterocycles. The van der Waals surface area contributed by atoms with Crippen LogP contribution in [0, 0.1) is 5.82 Å². The molecule has 4 aromatic rings. The summed E-state index contributed by atoms with van der Waals surface area (Å²) >= 11 is 12.7. The predicted molar refractivity (Wildman–Crippen MR) is 183 cm³/mol. The molecule has 0 aliphatic carbocycles. The maximum atomic E-state index is 14.5. The Kier molecular flexibility index (Phi) is 12.3. The van der Waals surface area contributed by atoms with Gasteiger partial charge in [0.2, 0.25) is 11.8 Å². The van der Waals surface area contributed by atoms with Crippen LogP contribution in [0.15, 0.2) is 102 Å². The van der Waals surface area contributed by atoms with Crippen LogP contribution in [0.1, 0.15) is 31.4 Å². The Hall–Kier alpha value is -4.12. The molecule has 0 aromatic heterocycles. The number of ether oxygens (including phenoxy) is 1. The molecule has 12 heteroatoms. The van der Waals surface area contributed by atoms with Crippen molar-refractivity contribution in [3.05, 3.63) is 124 Å². The molecule has 0 saturated carbocycles. The summed E-state index contributed by atoms with van der Waals surface area (Å²) in [5, 5.41) is 3.64. The molecule has 0 spiro atoms. The van der Waals surface area contributed by atoms with Gasteiger partial charge in [-0.25, -0.2) is 12.8 Å². The van der Waals surface area contributed by atoms with Gasteiger partial charge in [-0.2, -0.15) is 0 Å². The minimum atomic E-state index is -4.37. The number of carbonyl (C=O) groups is 2. The number of sulfonamides is 1. The van der Waals surface area contributed by atoms with Crippen molar-refractivity contribution in [2.45, 2.75) is 50.2 Å². The van der Waals surface area contributed by atoms with Crippen LogP contribution in [0.4, 0.5) is 10.1 Å². The lowest BCUT2D eigenvalue weighted by atomic mass is 10.0. The number of halogens is 3. The molecule has 47 heavy (non-hydrogen) atoms. The standard InChI is InChI=1S/C35H36Cl2FN3O5S/c1-4-24(2)39-35(43)33(20-25-8-6-5-7-9-25)40(22-26-10-11-27(36)21-32(26)37)34(42)23-41(29-14-12-28(38)13-15-29)47(44,45)31-18-16-30(46-3)17-19-31/h5-19,21,24,33H,4,20,22-23H2,1-3H3,(H,39,43). The molecule has 0 saturated heterocycles. The molecule has 2 atom stereocenters. The van der Waals surface area contributed by atoms with Crippen LogP contribution in [0.5, 0.6) is 5.75 Å². The van der Waals surface area contributed by atoms with Gasteiger partial charge < -0.3 is 15.0 Å². The van der Waals surface area contributed by atoms with E-state index in [4.69, 9.17) is 27.9 Å². The molecule has 0 fully saturated rings. The second-order valence-corrected chi connectivity index (χ2v) is 13.7. The number of hydrogen-bond acceptors (Lipinski definition) is 5. The van der Waals surface area contributed by atoms with Gasteiger partial charge in [0.05, 0.1) is 17.7 Å². The van der Waals surface area contributed by atoms with E-state index < -0.39 is 40.2 Å². The minimum Gasteiger partial charge on any atom is -0.497 e. The molecule has 4 rings (SSSR count). The molecule has 0 aliphatic heterocycles. The van der Waals surface area contributed by atoms with E-state index in [0.29, 0.717) is 22.8 Å². The molecule has 4 aromatic carbocycles. The van der Waals surface area contributed by atoms with Crippen LogP contribution >= 0.6 is 23.2 Å². The molecule has 1 N–H and O–H groups in total. The Bertz CT molecular complexity index is 1780. The Morgan fingerprint density at radius 2 is 1.60 bits per heavy atom. The summed E-state index contributed by atoms with van der Waals surface area (Å²) in [6, 6.07) is 23.2. The highest BCUT2D eigenvalue weighted by Crippen LogP contribution is 2.28. The van der Waals surface area contributed by atoms with Gasteiger partial charge in [0.15, 0.2) is 0 Å². The first-order chi connectivity index (χ1) is 22.4. The second-order valence-electron chi connectivity index (χ2n) is 10.9. The van der Waals surface area contributed by atoms with E-state index in [2.05, 4.69) is 5.32 Å². The average Bonchev–Trinajstić information content (AvgIpc) is 3.06. The quantitative estimate of drug-likeness (QED) is 0.155. The van der Waals surface area contributed by atoms with Crippen LogP contribution in [-0.2, 0) is 32.6 Å². The molecule has 8 nitrogen and oxygen atoms in total. The largest absolute Gasteiger partial charge is 0.497 e. The summed E-state index contributed by atoms with van der Waals surface area (Å²) in [4.78, 5) is 29.7. The van der Waals surface area contributed by atoms with Gasteiger partial charge in [-0.3, -0.25) is 13.9 Å². The predicted octanol–water partition coefficient (Wildman–Crippen LogP) is 6.89. The van der Waals surface area contributed by atoms with E-state index in [1.165, 1.54) is 54.5 Å². The number of rotatable bonds is 14. The van der Waals surface area contributed by atoms with Crippen LogP contribution in [0.3, 0.4) is 0 Å². The molecule has 0 bridgehead atoms. The van der Waals surface area contributed by atoms with Gasteiger partial charge in [-0.1, -0.05) is 66.5 Å². The highest BCUT2D eigenvalue weighted by atomic mass is 35.5.